The number of hydrogen-bond acceptors (Lipinski definition) is 2. The number of carbonyl (C=O) groups is 2. The molecule has 0 saturated carbocycles. The van der Waals surface area contributed by atoms with Crippen LogP contribution in [-0.4, -0.2) is 17.0 Å². The van der Waals surface area contributed by atoms with E-state index in [9.17, 15) is 14.0 Å². The van der Waals surface area contributed by atoms with Gasteiger partial charge in [-0.15, -0.1) is 0 Å². The van der Waals surface area contributed by atoms with Gasteiger partial charge in [-0.3, -0.25) is 4.79 Å². The zero-order valence-electron chi connectivity index (χ0n) is 10.4. The molecule has 21 heavy (non-hydrogen) atoms. The zero-order chi connectivity index (χ0) is 15.6. The summed E-state index contributed by atoms with van der Waals surface area (Å²) in [6, 6.07) is 7.99. The second kappa shape index (κ2) is 6.24. The van der Waals surface area contributed by atoms with Gasteiger partial charge in [0.05, 0.1) is 21.8 Å². The Morgan fingerprint density at radius 3 is 2.57 bits per heavy atom. The van der Waals surface area contributed by atoms with Crippen molar-refractivity contribution in [3.8, 4) is 0 Å². The van der Waals surface area contributed by atoms with E-state index in [1.54, 1.807) is 12.1 Å². The van der Waals surface area contributed by atoms with Crippen molar-refractivity contribution < 1.29 is 19.1 Å². The van der Waals surface area contributed by atoms with Crippen molar-refractivity contribution in [1.82, 2.24) is 0 Å². The van der Waals surface area contributed by atoms with Gasteiger partial charge >= 0.3 is 5.97 Å². The van der Waals surface area contributed by atoms with E-state index in [1.165, 1.54) is 18.2 Å². The van der Waals surface area contributed by atoms with Crippen molar-refractivity contribution in [3.05, 3.63) is 62.8 Å². The van der Waals surface area contributed by atoms with E-state index < -0.39 is 17.7 Å². The first-order valence-corrected chi connectivity index (χ1v) is 6.85. The number of carboxylic acid groups (broad SMARTS) is 1. The molecule has 0 unspecified atom stereocenters. The molecule has 0 saturated heterocycles. The van der Waals surface area contributed by atoms with Crippen LogP contribution in [-0.2, 0) is 0 Å². The normalized spacial score (nSPS) is 10.2. The monoisotopic (exact) mass is 371 g/mol. The molecule has 1 amide bonds. The summed E-state index contributed by atoms with van der Waals surface area (Å²) in [5.41, 5.74) is -0.153. The first-order valence-electron chi connectivity index (χ1n) is 5.68. The Morgan fingerprint density at radius 2 is 1.95 bits per heavy atom. The third-order valence-corrected chi connectivity index (χ3v) is 3.96. The van der Waals surface area contributed by atoms with E-state index in [0.717, 1.165) is 6.07 Å². The first-order chi connectivity index (χ1) is 9.90. The number of nitrogens with one attached hydrogen (secondary N) is 1. The van der Waals surface area contributed by atoms with Gasteiger partial charge < -0.3 is 10.4 Å². The Labute approximate surface area is 132 Å². The van der Waals surface area contributed by atoms with Crippen LogP contribution in [0.1, 0.15) is 20.7 Å². The van der Waals surface area contributed by atoms with Crippen LogP contribution < -0.4 is 5.32 Å². The maximum absolute atomic E-state index is 13.7. The molecule has 0 aliphatic carbocycles. The number of carbonyl (C=O) groups excluding carboxylic acids is 1. The van der Waals surface area contributed by atoms with Gasteiger partial charge in [-0.05, 0) is 46.3 Å². The average molecular weight is 373 g/mol. The van der Waals surface area contributed by atoms with Crippen LogP contribution in [0.3, 0.4) is 0 Å². The molecular formula is C14H8BrClFNO3. The molecule has 0 fully saturated rings. The van der Waals surface area contributed by atoms with Crippen molar-refractivity contribution in [1.29, 1.82) is 0 Å². The molecule has 0 radical (unpaired) electrons. The molecule has 0 spiro atoms. The summed E-state index contributed by atoms with van der Waals surface area (Å²) >= 11 is 9.17. The van der Waals surface area contributed by atoms with Gasteiger partial charge in [0.2, 0.25) is 0 Å². The number of anilines is 1. The first kappa shape index (κ1) is 15.5. The van der Waals surface area contributed by atoms with Crippen LogP contribution in [0.4, 0.5) is 10.1 Å². The van der Waals surface area contributed by atoms with Crippen LogP contribution in [0.25, 0.3) is 0 Å². The number of hydrogen-bond donors (Lipinski definition) is 2. The van der Waals surface area contributed by atoms with E-state index in [4.69, 9.17) is 16.7 Å². The predicted molar refractivity (Wildman–Crippen MR) is 80.5 cm³/mol. The summed E-state index contributed by atoms with van der Waals surface area (Å²) in [7, 11) is 0. The molecular weight excluding hydrogens is 365 g/mol. The third-order valence-electron chi connectivity index (χ3n) is 2.66. The van der Waals surface area contributed by atoms with E-state index in [0.29, 0.717) is 4.47 Å². The van der Waals surface area contributed by atoms with Crippen molar-refractivity contribution >= 4 is 45.1 Å². The predicted octanol–water partition coefficient (Wildman–Crippen LogP) is 4.19. The lowest BCUT2D eigenvalue weighted by Crippen LogP contribution is -2.14. The smallest absolute Gasteiger partial charge is 0.335 e. The molecule has 2 N–H and O–H groups in total. The molecule has 0 bridgehead atoms. The molecule has 0 aliphatic rings. The fourth-order valence-corrected chi connectivity index (χ4v) is 2.20. The highest BCUT2D eigenvalue weighted by Gasteiger charge is 2.15. The van der Waals surface area contributed by atoms with Gasteiger partial charge in [-0.1, -0.05) is 17.7 Å². The Balaban J connectivity index is 2.28. The molecule has 4 nitrogen and oxygen atoms in total. The minimum atomic E-state index is -1.25. The van der Waals surface area contributed by atoms with Crippen LogP contribution >= 0.6 is 27.5 Å². The number of aromatic carboxylic acids is 1. The van der Waals surface area contributed by atoms with Crippen LogP contribution in [0.2, 0.25) is 5.02 Å². The highest BCUT2D eigenvalue weighted by atomic mass is 79.9. The maximum Gasteiger partial charge on any atom is 0.335 e. The molecule has 0 atom stereocenters. The van der Waals surface area contributed by atoms with Gasteiger partial charge in [0.25, 0.3) is 5.91 Å². The van der Waals surface area contributed by atoms with Gasteiger partial charge in [0, 0.05) is 4.47 Å². The lowest BCUT2D eigenvalue weighted by atomic mass is 10.1. The second-order valence-electron chi connectivity index (χ2n) is 4.06. The summed E-state index contributed by atoms with van der Waals surface area (Å²) in [4.78, 5) is 22.8. The molecule has 0 aromatic heterocycles. The largest absolute Gasteiger partial charge is 0.478 e. The lowest BCUT2D eigenvalue weighted by Gasteiger charge is -2.09. The molecule has 0 heterocycles. The number of amides is 1. The Hall–Kier alpha value is -1.92. The number of rotatable bonds is 3. The summed E-state index contributed by atoms with van der Waals surface area (Å²) in [5.74, 6) is -2.68. The van der Waals surface area contributed by atoms with Crippen molar-refractivity contribution in [2.45, 2.75) is 0 Å². The fourth-order valence-electron chi connectivity index (χ4n) is 1.62. The quantitative estimate of drug-likeness (QED) is 0.849. The molecule has 2 aromatic rings. The highest BCUT2D eigenvalue weighted by Crippen LogP contribution is 2.27. The van der Waals surface area contributed by atoms with Crippen molar-refractivity contribution in [2.24, 2.45) is 0 Å². The number of benzene rings is 2. The van der Waals surface area contributed by atoms with Gasteiger partial charge in [-0.25, -0.2) is 9.18 Å². The van der Waals surface area contributed by atoms with E-state index in [2.05, 4.69) is 21.2 Å². The third kappa shape index (κ3) is 3.40. The van der Waals surface area contributed by atoms with E-state index in [-0.39, 0.29) is 21.8 Å². The minimum absolute atomic E-state index is 0.124. The van der Waals surface area contributed by atoms with E-state index >= 15 is 0 Å². The van der Waals surface area contributed by atoms with Crippen molar-refractivity contribution in [2.75, 3.05) is 5.32 Å². The maximum atomic E-state index is 13.7. The van der Waals surface area contributed by atoms with Gasteiger partial charge in [0.1, 0.15) is 5.82 Å². The van der Waals surface area contributed by atoms with Gasteiger partial charge in [0.15, 0.2) is 0 Å². The molecule has 2 aromatic carbocycles. The zero-order valence-corrected chi connectivity index (χ0v) is 12.7. The Bertz CT molecular complexity index is 736. The summed E-state index contributed by atoms with van der Waals surface area (Å²) in [5, 5.41) is 11.3. The molecule has 2 rings (SSSR count). The van der Waals surface area contributed by atoms with Crippen LogP contribution in [0, 0.1) is 5.82 Å². The Kier molecular flexibility index (Phi) is 4.59. The summed E-state index contributed by atoms with van der Waals surface area (Å²) in [6.45, 7) is 0. The van der Waals surface area contributed by atoms with Gasteiger partial charge in [-0.2, -0.15) is 0 Å². The van der Waals surface area contributed by atoms with Crippen LogP contribution in [0.5, 0.6) is 0 Å². The number of carboxylic acids is 1. The number of halogens is 3. The average Bonchev–Trinajstić information content (AvgIpc) is 2.43. The second-order valence-corrected chi connectivity index (χ2v) is 5.29. The van der Waals surface area contributed by atoms with Crippen LogP contribution in [0.15, 0.2) is 40.9 Å². The van der Waals surface area contributed by atoms with Crippen molar-refractivity contribution in [3.63, 3.8) is 0 Å². The van der Waals surface area contributed by atoms with E-state index in [1.807, 2.05) is 0 Å². The SMILES string of the molecule is O=C(O)c1ccc(NC(=O)c2cccc(Br)c2Cl)c(F)c1. The fraction of sp³-hybridized carbons (Fsp3) is 0. The Morgan fingerprint density at radius 1 is 1.24 bits per heavy atom. The highest BCUT2D eigenvalue weighted by molar-refractivity contribution is 9.10. The summed E-state index contributed by atoms with van der Waals surface area (Å²) < 4.78 is 14.3. The topological polar surface area (TPSA) is 66.4 Å². The molecule has 0 aliphatic heterocycles. The lowest BCUT2D eigenvalue weighted by molar-refractivity contribution is 0.0696. The molecule has 7 heteroatoms. The minimum Gasteiger partial charge on any atom is -0.478 e. The molecule has 108 valence electrons. The standard InChI is InChI=1S/C14H8BrClFNO3/c15-9-3-1-2-8(12(9)16)13(19)18-11-5-4-7(14(20)21)6-10(11)17/h1-6H,(H,18,19)(H,20,21). The summed E-state index contributed by atoms with van der Waals surface area (Å²) in [6.07, 6.45) is 0.